The molecule has 7 heavy (non-hydrogen) atoms. The van der Waals surface area contributed by atoms with Gasteiger partial charge in [-0.2, -0.15) is 0 Å². The maximum Gasteiger partial charge on any atom is 0.124 e. The molecule has 0 saturated heterocycles. The second-order valence-electron chi connectivity index (χ2n) is 1.73. The van der Waals surface area contributed by atoms with Crippen LogP contribution in [0.5, 0.6) is 0 Å². The smallest absolute Gasteiger partial charge is 0.124 e. The van der Waals surface area contributed by atoms with Crippen molar-refractivity contribution in [3.8, 4) is 0 Å². The molecular formula is C4H9NO2. The summed E-state index contributed by atoms with van der Waals surface area (Å²) in [5.74, 6) is 0. The molecule has 0 saturated carbocycles. The van der Waals surface area contributed by atoms with E-state index >= 15 is 0 Å². The Morgan fingerprint density at radius 1 is 2.00 bits per heavy atom. The van der Waals surface area contributed by atoms with E-state index in [1.807, 2.05) is 0 Å². The summed E-state index contributed by atoms with van der Waals surface area (Å²) in [5, 5.41) is 8.56. The summed E-state index contributed by atoms with van der Waals surface area (Å²) in [7, 11) is 0. The first kappa shape index (κ1) is 6.59. The predicted octanol–water partition coefficient (Wildman–Crippen LogP) is -0.757. The number of aldehydes is 1. The van der Waals surface area contributed by atoms with Crippen LogP contribution in [-0.4, -0.2) is 17.1 Å². The summed E-state index contributed by atoms with van der Waals surface area (Å²) in [4.78, 5) is 9.58. The highest BCUT2D eigenvalue weighted by Gasteiger charge is 2.09. The molecule has 0 aliphatic heterocycles. The van der Waals surface area contributed by atoms with Gasteiger partial charge in [0.15, 0.2) is 0 Å². The van der Waals surface area contributed by atoms with E-state index in [-0.39, 0.29) is 6.42 Å². The fourth-order valence-corrected chi connectivity index (χ4v) is 0.169. The van der Waals surface area contributed by atoms with Crippen molar-refractivity contribution in [1.82, 2.24) is 0 Å². The zero-order valence-corrected chi connectivity index (χ0v) is 4.22. The zero-order valence-electron chi connectivity index (χ0n) is 4.22. The molecular weight excluding hydrogens is 94.0 g/mol. The largest absolute Gasteiger partial charge is 0.376 e. The van der Waals surface area contributed by atoms with Crippen LogP contribution < -0.4 is 5.73 Å². The predicted molar refractivity (Wildman–Crippen MR) is 25.5 cm³/mol. The van der Waals surface area contributed by atoms with E-state index in [4.69, 9.17) is 10.8 Å². The molecule has 3 heteroatoms. The van der Waals surface area contributed by atoms with Crippen LogP contribution in [-0.2, 0) is 4.79 Å². The summed E-state index contributed by atoms with van der Waals surface area (Å²) in [6, 6.07) is 0. The average molecular weight is 103 g/mol. The lowest BCUT2D eigenvalue weighted by Gasteiger charge is -2.10. The van der Waals surface area contributed by atoms with Gasteiger partial charge in [-0.25, -0.2) is 0 Å². The van der Waals surface area contributed by atoms with E-state index in [0.717, 1.165) is 0 Å². The Bertz CT molecular complexity index is 64.6. The van der Waals surface area contributed by atoms with Crippen LogP contribution >= 0.6 is 0 Å². The lowest BCUT2D eigenvalue weighted by Crippen LogP contribution is -2.35. The van der Waals surface area contributed by atoms with Crippen molar-refractivity contribution >= 4 is 6.29 Å². The number of carbonyl (C=O) groups is 1. The first-order chi connectivity index (χ1) is 3.06. The zero-order chi connectivity index (χ0) is 5.91. The Morgan fingerprint density at radius 3 is 2.43 bits per heavy atom. The summed E-state index contributed by atoms with van der Waals surface area (Å²) in [6.07, 6.45) is 0.576. The van der Waals surface area contributed by atoms with Crippen molar-refractivity contribution in [3.63, 3.8) is 0 Å². The summed E-state index contributed by atoms with van der Waals surface area (Å²) in [5.41, 5.74) is 3.65. The van der Waals surface area contributed by atoms with Gasteiger partial charge in [0, 0.05) is 6.42 Å². The minimum Gasteiger partial charge on any atom is -0.376 e. The maximum atomic E-state index is 9.58. The van der Waals surface area contributed by atoms with Gasteiger partial charge in [0.2, 0.25) is 0 Å². The Labute approximate surface area is 42.1 Å². The van der Waals surface area contributed by atoms with E-state index in [1.165, 1.54) is 6.92 Å². The summed E-state index contributed by atoms with van der Waals surface area (Å²) >= 11 is 0. The third-order valence-electron chi connectivity index (χ3n) is 0.497. The Morgan fingerprint density at radius 2 is 2.43 bits per heavy atom. The Balaban J connectivity index is 3.34. The lowest BCUT2D eigenvalue weighted by molar-refractivity contribution is -0.111. The molecule has 0 spiro atoms. The van der Waals surface area contributed by atoms with Crippen molar-refractivity contribution < 1.29 is 9.90 Å². The third-order valence-corrected chi connectivity index (χ3v) is 0.497. The molecule has 1 unspecified atom stereocenters. The molecule has 42 valence electrons. The topological polar surface area (TPSA) is 63.3 Å². The van der Waals surface area contributed by atoms with Crippen molar-refractivity contribution in [1.29, 1.82) is 0 Å². The fourth-order valence-electron chi connectivity index (χ4n) is 0.169. The van der Waals surface area contributed by atoms with E-state index in [1.54, 1.807) is 0 Å². The highest BCUT2D eigenvalue weighted by atomic mass is 16.3. The van der Waals surface area contributed by atoms with Gasteiger partial charge in [-0.3, -0.25) is 0 Å². The lowest BCUT2D eigenvalue weighted by atomic mass is 10.2. The van der Waals surface area contributed by atoms with E-state index in [2.05, 4.69) is 0 Å². The van der Waals surface area contributed by atoms with Gasteiger partial charge >= 0.3 is 0 Å². The minimum atomic E-state index is -1.32. The normalized spacial score (nSPS) is 18.1. The standard InChI is InChI=1S/C4H9NO2/c1-4(5,7)2-3-6/h3,7H,2,5H2,1H3. The molecule has 0 aliphatic carbocycles. The summed E-state index contributed by atoms with van der Waals surface area (Å²) < 4.78 is 0. The SMILES string of the molecule is CC(N)(O)CC=O. The Kier molecular flexibility index (Phi) is 1.92. The highest BCUT2D eigenvalue weighted by molar-refractivity contribution is 5.50. The van der Waals surface area contributed by atoms with Gasteiger partial charge in [-0.1, -0.05) is 0 Å². The molecule has 0 amide bonds. The molecule has 3 N–H and O–H groups in total. The van der Waals surface area contributed by atoms with E-state index < -0.39 is 5.72 Å². The first-order valence-corrected chi connectivity index (χ1v) is 2.01. The molecule has 3 nitrogen and oxygen atoms in total. The maximum absolute atomic E-state index is 9.58. The number of hydrogen-bond acceptors (Lipinski definition) is 3. The van der Waals surface area contributed by atoms with Crippen molar-refractivity contribution in [3.05, 3.63) is 0 Å². The van der Waals surface area contributed by atoms with E-state index in [9.17, 15) is 4.79 Å². The quantitative estimate of drug-likeness (QED) is 0.357. The molecule has 0 aromatic rings. The monoisotopic (exact) mass is 103 g/mol. The molecule has 0 radical (unpaired) electrons. The third kappa shape index (κ3) is 5.59. The number of hydrogen-bond donors (Lipinski definition) is 2. The molecule has 0 rings (SSSR count). The van der Waals surface area contributed by atoms with Gasteiger partial charge in [0.1, 0.15) is 12.0 Å². The van der Waals surface area contributed by atoms with Crippen LogP contribution in [0.1, 0.15) is 13.3 Å². The highest BCUT2D eigenvalue weighted by Crippen LogP contribution is 1.93. The van der Waals surface area contributed by atoms with Crippen molar-refractivity contribution in [2.24, 2.45) is 5.73 Å². The first-order valence-electron chi connectivity index (χ1n) is 2.01. The van der Waals surface area contributed by atoms with Crippen molar-refractivity contribution in [2.75, 3.05) is 0 Å². The number of aliphatic hydroxyl groups is 1. The molecule has 0 heterocycles. The van der Waals surface area contributed by atoms with Gasteiger partial charge in [0.05, 0.1) is 0 Å². The molecule has 0 fully saturated rings. The van der Waals surface area contributed by atoms with E-state index in [0.29, 0.717) is 6.29 Å². The molecule has 1 atom stereocenters. The van der Waals surface area contributed by atoms with Crippen LogP contribution in [0.15, 0.2) is 0 Å². The molecule has 0 bridgehead atoms. The number of nitrogens with two attached hydrogens (primary N) is 1. The second kappa shape index (κ2) is 2.04. The van der Waals surface area contributed by atoms with Crippen molar-refractivity contribution in [2.45, 2.75) is 19.1 Å². The molecule has 0 aromatic heterocycles. The van der Waals surface area contributed by atoms with Crippen LogP contribution in [0.4, 0.5) is 0 Å². The average Bonchev–Trinajstić information content (AvgIpc) is 1.30. The molecule has 0 aliphatic rings. The summed E-state index contributed by atoms with van der Waals surface area (Å²) in [6.45, 7) is 1.38. The number of carbonyl (C=O) groups excluding carboxylic acids is 1. The second-order valence-corrected chi connectivity index (χ2v) is 1.73. The van der Waals surface area contributed by atoms with Crippen LogP contribution in [0.25, 0.3) is 0 Å². The minimum absolute atomic E-state index is 0.00694. The van der Waals surface area contributed by atoms with Crippen LogP contribution in [0.3, 0.4) is 0 Å². The van der Waals surface area contributed by atoms with Crippen LogP contribution in [0.2, 0.25) is 0 Å². The number of rotatable bonds is 2. The fraction of sp³-hybridized carbons (Fsp3) is 0.750. The Hall–Kier alpha value is -0.410. The molecule has 0 aromatic carbocycles. The van der Waals surface area contributed by atoms with Gasteiger partial charge < -0.3 is 15.6 Å². The van der Waals surface area contributed by atoms with Gasteiger partial charge in [-0.05, 0) is 6.92 Å². The van der Waals surface area contributed by atoms with Gasteiger partial charge in [-0.15, -0.1) is 0 Å². The van der Waals surface area contributed by atoms with Crippen LogP contribution in [0, 0.1) is 0 Å². The van der Waals surface area contributed by atoms with Gasteiger partial charge in [0.25, 0.3) is 0 Å².